The summed E-state index contributed by atoms with van der Waals surface area (Å²) in [5.74, 6) is 4.12. The Hall–Kier alpha value is -0.550. The Morgan fingerprint density at radius 1 is 0.500 bits per heavy atom. The van der Waals surface area contributed by atoms with Gasteiger partial charge in [0.2, 0.25) is 0 Å². The Labute approximate surface area is 173 Å². The second kappa shape index (κ2) is 9.07. The zero-order valence-electron chi connectivity index (χ0n) is 19.3. The van der Waals surface area contributed by atoms with Gasteiger partial charge in [-0.15, -0.1) is 0 Å². The van der Waals surface area contributed by atoms with Gasteiger partial charge in [0, 0.05) is 0 Å². The van der Waals surface area contributed by atoms with Crippen molar-refractivity contribution in [2.45, 2.75) is 116 Å². The van der Waals surface area contributed by atoms with Crippen molar-refractivity contribution >= 4 is 14.2 Å². The maximum Gasteiger partial charge on any atom is 0.486 e. The maximum absolute atomic E-state index is 5.97. The Kier molecular flexibility index (Phi) is 7.69. The van der Waals surface area contributed by atoms with Crippen molar-refractivity contribution in [3.05, 3.63) is 24.1 Å². The van der Waals surface area contributed by atoms with Crippen molar-refractivity contribution < 1.29 is 18.6 Å². The van der Waals surface area contributed by atoms with Crippen LogP contribution in [0.15, 0.2) is 24.1 Å². The molecule has 2 fully saturated rings. The van der Waals surface area contributed by atoms with E-state index in [-0.39, 0.29) is 36.6 Å². The fourth-order valence-corrected chi connectivity index (χ4v) is 3.23. The van der Waals surface area contributed by atoms with E-state index in [4.69, 9.17) is 18.6 Å². The Balaban J connectivity index is 1.52. The number of hydrogen-bond acceptors (Lipinski definition) is 4. The highest BCUT2D eigenvalue weighted by molar-refractivity contribution is 6.52. The fraction of sp³-hybridized carbons (Fsp3) is 0.818. The minimum Gasteiger partial charge on any atom is -0.400 e. The summed E-state index contributed by atoms with van der Waals surface area (Å²) in [5, 5.41) is 0. The third kappa shape index (κ3) is 5.98. The Bertz CT molecular complexity index is 485. The normalized spacial score (nSPS) is 25.4. The van der Waals surface area contributed by atoms with Crippen molar-refractivity contribution in [1.29, 1.82) is 0 Å². The summed E-state index contributed by atoms with van der Waals surface area (Å²) in [6.07, 6.45) is 11.5. The lowest BCUT2D eigenvalue weighted by Gasteiger charge is -2.32. The van der Waals surface area contributed by atoms with Crippen molar-refractivity contribution in [2.75, 3.05) is 0 Å². The smallest absolute Gasteiger partial charge is 0.400 e. The van der Waals surface area contributed by atoms with Crippen LogP contribution in [0.1, 0.15) is 93.9 Å². The fourth-order valence-electron chi connectivity index (χ4n) is 3.23. The molecule has 158 valence electrons. The van der Waals surface area contributed by atoms with Crippen LogP contribution in [0.2, 0.25) is 0 Å². The molecule has 0 aliphatic carbocycles. The van der Waals surface area contributed by atoms with Crippen molar-refractivity contribution in [3.8, 4) is 0 Å². The van der Waals surface area contributed by atoms with Gasteiger partial charge in [-0.2, -0.15) is 0 Å². The molecule has 0 spiro atoms. The van der Waals surface area contributed by atoms with Gasteiger partial charge in [0.25, 0.3) is 0 Å². The van der Waals surface area contributed by atoms with E-state index in [0.29, 0.717) is 0 Å². The molecule has 2 rings (SSSR count). The topological polar surface area (TPSA) is 36.9 Å². The summed E-state index contributed by atoms with van der Waals surface area (Å²) >= 11 is 0. The van der Waals surface area contributed by atoms with Crippen molar-refractivity contribution in [3.63, 3.8) is 0 Å². The van der Waals surface area contributed by atoms with E-state index in [9.17, 15) is 0 Å². The largest absolute Gasteiger partial charge is 0.486 e. The van der Waals surface area contributed by atoms with Gasteiger partial charge >= 0.3 is 14.2 Å². The second-order valence-corrected chi connectivity index (χ2v) is 10.1. The molecule has 6 heteroatoms. The van der Waals surface area contributed by atoms with Crippen LogP contribution < -0.4 is 0 Å². The standard InChI is InChI=1S/C22H40B2O4/c1-19(2)20(3,4)26-23(25-19)17-15-13-11-9-10-12-14-16-18-24-27-21(5,6)22(7,8)28-24/h15-18H,9-14H2,1-8H3/b17-15+,18-16+. The first-order valence-corrected chi connectivity index (χ1v) is 10.9. The predicted octanol–water partition coefficient (Wildman–Crippen LogP) is 5.70. The first kappa shape index (κ1) is 23.7. The number of hydrogen-bond donors (Lipinski definition) is 0. The first-order valence-electron chi connectivity index (χ1n) is 10.9. The molecule has 0 aromatic heterocycles. The van der Waals surface area contributed by atoms with Crippen LogP contribution in [0, 0.1) is 0 Å². The van der Waals surface area contributed by atoms with Gasteiger partial charge in [-0.25, -0.2) is 0 Å². The number of allylic oxidation sites excluding steroid dienone is 2. The molecule has 28 heavy (non-hydrogen) atoms. The summed E-state index contributed by atoms with van der Waals surface area (Å²) in [6, 6.07) is 0. The molecule has 0 unspecified atom stereocenters. The lowest BCUT2D eigenvalue weighted by atomic mass is 9.89. The zero-order chi connectivity index (χ0) is 21.1. The van der Waals surface area contributed by atoms with Gasteiger partial charge in [0.15, 0.2) is 0 Å². The Morgan fingerprint density at radius 2 is 0.786 bits per heavy atom. The highest BCUT2D eigenvalue weighted by atomic mass is 16.7. The van der Waals surface area contributed by atoms with E-state index < -0.39 is 0 Å². The van der Waals surface area contributed by atoms with Crippen LogP contribution in [0.4, 0.5) is 0 Å². The summed E-state index contributed by atoms with van der Waals surface area (Å²) in [5.41, 5.74) is -1.02. The minimum absolute atomic E-state index is 0.217. The third-order valence-electron chi connectivity index (χ3n) is 6.62. The molecule has 0 aromatic carbocycles. The number of rotatable bonds is 9. The van der Waals surface area contributed by atoms with Gasteiger partial charge in [0.1, 0.15) is 0 Å². The summed E-state index contributed by atoms with van der Waals surface area (Å²) in [4.78, 5) is 0. The summed E-state index contributed by atoms with van der Waals surface area (Å²) in [6.45, 7) is 16.7. The predicted molar refractivity (Wildman–Crippen MR) is 118 cm³/mol. The third-order valence-corrected chi connectivity index (χ3v) is 6.62. The molecule has 2 heterocycles. The second-order valence-electron chi connectivity index (χ2n) is 10.1. The highest BCUT2D eigenvalue weighted by Gasteiger charge is 2.50. The van der Waals surface area contributed by atoms with Crippen LogP contribution in [-0.2, 0) is 18.6 Å². The van der Waals surface area contributed by atoms with Crippen LogP contribution in [0.5, 0.6) is 0 Å². The molecule has 0 radical (unpaired) electrons. The van der Waals surface area contributed by atoms with Crippen molar-refractivity contribution in [1.82, 2.24) is 0 Å². The minimum atomic E-state index is -0.254. The van der Waals surface area contributed by atoms with E-state index in [0.717, 1.165) is 12.8 Å². The summed E-state index contributed by atoms with van der Waals surface area (Å²) < 4.78 is 23.9. The quantitative estimate of drug-likeness (QED) is 0.374. The highest BCUT2D eigenvalue weighted by Crippen LogP contribution is 2.37. The van der Waals surface area contributed by atoms with Crippen LogP contribution in [0.25, 0.3) is 0 Å². The van der Waals surface area contributed by atoms with Crippen LogP contribution >= 0.6 is 0 Å². The number of unbranched alkanes of at least 4 members (excludes halogenated alkanes) is 5. The summed E-state index contributed by atoms with van der Waals surface area (Å²) in [7, 11) is -0.435. The SMILES string of the molecule is CC1(C)OB(/C=C/CCCCCC/C=C/B2OC(C)(C)C(C)(C)O2)OC1(C)C. The van der Waals surface area contributed by atoms with Gasteiger partial charge in [-0.3, -0.25) is 0 Å². The monoisotopic (exact) mass is 390 g/mol. The molecule has 0 aromatic rings. The van der Waals surface area contributed by atoms with Gasteiger partial charge < -0.3 is 18.6 Å². The van der Waals surface area contributed by atoms with E-state index >= 15 is 0 Å². The van der Waals surface area contributed by atoms with Gasteiger partial charge in [-0.1, -0.05) is 36.9 Å². The molecule has 2 aliphatic rings. The van der Waals surface area contributed by atoms with E-state index in [1.807, 2.05) is 0 Å². The lowest BCUT2D eigenvalue weighted by molar-refractivity contribution is 0.00578. The molecule has 0 atom stereocenters. The van der Waals surface area contributed by atoms with E-state index in [1.54, 1.807) is 0 Å². The van der Waals surface area contributed by atoms with Crippen molar-refractivity contribution in [2.24, 2.45) is 0 Å². The Morgan fingerprint density at radius 3 is 1.07 bits per heavy atom. The van der Waals surface area contributed by atoms with Crippen LogP contribution in [-0.4, -0.2) is 36.6 Å². The molecule has 4 nitrogen and oxygen atoms in total. The van der Waals surface area contributed by atoms with E-state index in [2.05, 4.69) is 79.5 Å². The molecular weight excluding hydrogens is 350 g/mol. The van der Waals surface area contributed by atoms with Gasteiger partial charge in [0.05, 0.1) is 22.4 Å². The molecule has 2 saturated heterocycles. The molecule has 0 amide bonds. The maximum atomic E-state index is 5.97. The average Bonchev–Trinajstić information content (AvgIpc) is 2.87. The average molecular weight is 390 g/mol. The molecule has 0 N–H and O–H groups in total. The molecule has 0 saturated carbocycles. The molecule has 0 bridgehead atoms. The molecular formula is C22H40B2O4. The van der Waals surface area contributed by atoms with E-state index in [1.165, 1.54) is 25.7 Å². The molecule has 2 aliphatic heterocycles. The lowest BCUT2D eigenvalue weighted by Crippen LogP contribution is -2.41. The van der Waals surface area contributed by atoms with Gasteiger partial charge in [-0.05, 0) is 81.1 Å². The zero-order valence-corrected chi connectivity index (χ0v) is 19.3. The van der Waals surface area contributed by atoms with Crippen LogP contribution in [0.3, 0.4) is 0 Å². The first-order chi connectivity index (χ1) is 12.9.